The second-order valence-electron chi connectivity index (χ2n) is 4.20. The Kier molecular flexibility index (Phi) is 5.30. The molecule has 0 aromatic carbocycles. The van der Waals surface area contributed by atoms with Gasteiger partial charge < -0.3 is 9.64 Å². The van der Waals surface area contributed by atoms with Crippen LogP contribution in [0.25, 0.3) is 0 Å². The highest BCUT2D eigenvalue weighted by atomic mass is 16.5. The van der Waals surface area contributed by atoms with Gasteiger partial charge in [0.05, 0.1) is 19.4 Å². The quantitative estimate of drug-likeness (QED) is 0.728. The van der Waals surface area contributed by atoms with E-state index in [-0.39, 0.29) is 24.2 Å². The van der Waals surface area contributed by atoms with Crippen molar-refractivity contribution in [3.05, 3.63) is 30.1 Å². The number of pyridine rings is 1. The minimum atomic E-state index is -0.326. The van der Waals surface area contributed by atoms with Crippen LogP contribution in [0, 0.1) is 5.92 Å². The Balaban J connectivity index is 2.49. The van der Waals surface area contributed by atoms with Gasteiger partial charge in [-0.15, -0.1) is 0 Å². The van der Waals surface area contributed by atoms with Crippen LogP contribution in [0.3, 0.4) is 0 Å². The van der Waals surface area contributed by atoms with Crippen molar-refractivity contribution in [2.24, 2.45) is 5.92 Å². The van der Waals surface area contributed by atoms with Gasteiger partial charge in [-0.2, -0.15) is 0 Å². The van der Waals surface area contributed by atoms with Crippen molar-refractivity contribution in [1.29, 1.82) is 0 Å². The summed E-state index contributed by atoms with van der Waals surface area (Å²) in [5, 5.41) is 0. The van der Waals surface area contributed by atoms with E-state index in [0.717, 1.165) is 5.69 Å². The molecule has 1 unspecified atom stereocenters. The summed E-state index contributed by atoms with van der Waals surface area (Å²) >= 11 is 0. The van der Waals surface area contributed by atoms with Crippen LogP contribution >= 0.6 is 0 Å². The first kappa shape index (κ1) is 14.2. The molecule has 5 heteroatoms. The Morgan fingerprint density at radius 2 is 2.17 bits per heavy atom. The molecule has 0 fully saturated rings. The number of esters is 1. The van der Waals surface area contributed by atoms with Crippen LogP contribution in [0.15, 0.2) is 24.4 Å². The van der Waals surface area contributed by atoms with Crippen LogP contribution < -0.4 is 0 Å². The SMILES string of the molecule is COC(=O)C(C)CN(C)C(=O)Cc1ccccn1. The summed E-state index contributed by atoms with van der Waals surface area (Å²) in [6.45, 7) is 2.08. The zero-order valence-corrected chi connectivity index (χ0v) is 10.9. The number of likely N-dealkylation sites (N-methyl/N-ethyl adjacent to an activating group) is 1. The highest BCUT2D eigenvalue weighted by Crippen LogP contribution is 2.03. The summed E-state index contributed by atoms with van der Waals surface area (Å²) in [6.07, 6.45) is 1.89. The van der Waals surface area contributed by atoms with Gasteiger partial charge in [0.1, 0.15) is 0 Å². The van der Waals surface area contributed by atoms with Gasteiger partial charge in [-0.1, -0.05) is 13.0 Å². The molecule has 1 amide bonds. The molecule has 0 N–H and O–H groups in total. The lowest BCUT2D eigenvalue weighted by molar-refractivity contribution is -0.146. The largest absolute Gasteiger partial charge is 0.469 e. The number of ether oxygens (including phenoxy) is 1. The van der Waals surface area contributed by atoms with E-state index in [1.54, 1.807) is 32.3 Å². The third kappa shape index (κ3) is 4.16. The number of hydrogen-bond donors (Lipinski definition) is 0. The fourth-order valence-electron chi connectivity index (χ4n) is 1.58. The maximum absolute atomic E-state index is 11.9. The summed E-state index contributed by atoms with van der Waals surface area (Å²) in [5.74, 6) is -0.704. The van der Waals surface area contributed by atoms with Crippen molar-refractivity contribution in [3.63, 3.8) is 0 Å². The summed E-state index contributed by atoms with van der Waals surface area (Å²) in [4.78, 5) is 28.8. The Hall–Kier alpha value is -1.91. The van der Waals surface area contributed by atoms with Gasteiger partial charge >= 0.3 is 5.97 Å². The Morgan fingerprint density at radius 1 is 1.44 bits per heavy atom. The van der Waals surface area contributed by atoms with Crippen LogP contribution in [0.1, 0.15) is 12.6 Å². The number of nitrogens with zero attached hydrogens (tertiary/aromatic N) is 2. The third-order valence-electron chi connectivity index (χ3n) is 2.64. The number of amides is 1. The van der Waals surface area contributed by atoms with E-state index in [0.29, 0.717) is 6.54 Å². The molecule has 0 saturated carbocycles. The normalized spacial score (nSPS) is 11.7. The highest BCUT2D eigenvalue weighted by molar-refractivity contribution is 5.79. The van der Waals surface area contributed by atoms with E-state index in [1.165, 1.54) is 12.0 Å². The molecule has 5 nitrogen and oxygen atoms in total. The van der Waals surface area contributed by atoms with Gasteiger partial charge in [0, 0.05) is 25.5 Å². The lowest BCUT2D eigenvalue weighted by Gasteiger charge is -2.20. The monoisotopic (exact) mass is 250 g/mol. The van der Waals surface area contributed by atoms with Crippen LogP contribution in [-0.4, -0.2) is 42.5 Å². The van der Waals surface area contributed by atoms with Crippen LogP contribution in [0.5, 0.6) is 0 Å². The topological polar surface area (TPSA) is 59.5 Å². The van der Waals surface area contributed by atoms with E-state index in [9.17, 15) is 9.59 Å². The zero-order chi connectivity index (χ0) is 13.5. The van der Waals surface area contributed by atoms with Crippen LogP contribution in [0.4, 0.5) is 0 Å². The van der Waals surface area contributed by atoms with Gasteiger partial charge in [0.2, 0.25) is 5.91 Å². The number of methoxy groups -OCH3 is 1. The standard InChI is InChI=1S/C13H18N2O3/c1-10(13(17)18-3)9-15(2)12(16)8-11-6-4-5-7-14-11/h4-7,10H,8-9H2,1-3H3. The minimum Gasteiger partial charge on any atom is -0.469 e. The van der Waals surface area contributed by atoms with Gasteiger partial charge in [-0.3, -0.25) is 14.6 Å². The fourth-order valence-corrected chi connectivity index (χ4v) is 1.58. The predicted molar refractivity (Wildman–Crippen MR) is 66.8 cm³/mol. The van der Waals surface area contributed by atoms with E-state index in [2.05, 4.69) is 9.72 Å². The average Bonchev–Trinajstić information content (AvgIpc) is 2.38. The highest BCUT2D eigenvalue weighted by Gasteiger charge is 2.18. The van der Waals surface area contributed by atoms with Gasteiger partial charge in [-0.05, 0) is 12.1 Å². The second-order valence-corrected chi connectivity index (χ2v) is 4.20. The summed E-state index contributed by atoms with van der Waals surface area (Å²) < 4.78 is 4.62. The molecule has 1 aromatic rings. The lowest BCUT2D eigenvalue weighted by atomic mass is 10.1. The number of hydrogen-bond acceptors (Lipinski definition) is 4. The predicted octanol–water partition coefficient (Wildman–Crippen LogP) is 0.892. The molecule has 0 aliphatic carbocycles. The Bertz CT molecular complexity index is 406. The van der Waals surface area contributed by atoms with Crippen LogP contribution in [-0.2, 0) is 20.7 Å². The molecule has 0 bridgehead atoms. The lowest BCUT2D eigenvalue weighted by Crippen LogP contribution is -2.35. The summed E-state index contributed by atoms with van der Waals surface area (Å²) in [5.41, 5.74) is 0.722. The minimum absolute atomic E-state index is 0.0653. The molecule has 0 radical (unpaired) electrons. The van der Waals surface area contributed by atoms with E-state index >= 15 is 0 Å². The molecule has 0 aliphatic heterocycles. The van der Waals surface area contributed by atoms with Crippen molar-refractivity contribution in [2.75, 3.05) is 20.7 Å². The number of aromatic nitrogens is 1. The van der Waals surface area contributed by atoms with E-state index in [4.69, 9.17) is 0 Å². The molecule has 1 aromatic heterocycles. The van der Waals surface area contributed by atoms with Crippen molar-refractivity contribution < 1.29 is 14.3 Å². The summed E-state index contributed by atoms with van der Waals surface area (Å²) in [6, 6.07) is 5.44. The van der Waals surface area contributed by atoms with Gasteiger partial charge in [0.15, 0.2) is 0 Å². The molecular weight excluding hydrogens is 232 g/mol. The van der Waals surface area contributed by atoms with Crippen molar-refractivity contribution in [1.82, 2.24) is 9.88 Å². The van der Waals surface area contributed by atoms with Crippen molar-refractivity contribution >= 4 is 11.9 Å². The van der Waals surface area contributed by atoms with E-state index in [1.807, 2.05) is 6.07 Å². The molecule has 0 saturated heterocycles. The first-order valence-corrected chi connectivity index (χ1v) is 5.76. The average molecular weight is 250 g/mol. The van der Waals surface area contributed by atoms with Gasteiger partial charge in [0.25, 0.3) is 0 Å². The zero-order valence-electron chi connectivity index (χ0n) is 10.9. The second kappa shape index (κ2) is 6.74. The van der Waals surface area contributed by atoms with E-state index < -0.39 is 0 Å². The molecule has 98 valence electrons. The molecule has 18 heavy (non-hydrogen) atoms. The van der Waals surface area contributed by atoms with Gasteiger partial charge in [-0.25, -0.2) is 0 Å². The van der Waals surface area contributed by atoms with Crippen molar-refractivity contribution in [3.8, 4) is 0 Å². The Morgan fingerprint density at radius 3 is 2.72 bits per heavy atom. The third-order valence-corrected chi connectivity index (χ3v) is 2.64. The number of carbonyl (C=O) groups is 2. The molecule has 0 spiro atoms. The molecule has 1 atom stereocenters. The summed E-state index contributed by atoms with van der Waals surface area (Å²) in [7, 11) is 3.01. The number of carbonyl (C=O) groups excluding carboxylic acids is 2. The smallest absolute Gasteiger partial charge is 0.310 e. The van der Waals surface area contributed by atoms with Crippen molar-refractivity contribution in [2.45, 2.75) is 13.3 Å². The maximum atomic E-state index is 11.9. The molecular formula is C13H18N2O3. The fraction of sp³-hybridized carbons (Fsp3) is 0.462. The first-order chi connectivity index (χ1) is 8.54. The van der Waals surface area contributed by atoms with Crippen LogP contribution in [0.2, 0.25) is 0 Å². The molecule has 0 aliphatic rings. The molecule has 1 heterocycles. The molecule has 1 rings (SSSR count). The first-order valence-electron chi connectivity index (χ1n) is 5.76. The number of rotatable bonds is 5. The Labute approximate surface area is 107 Å². The maximum Gasteiger partial charge on any atom is 0.310 e.